The van der Waals surface area contributed by atoms with Gasteiger partial charge in [0.25, 0.3) is 5.69 Å². The van der Waals surface area contributed by atoms with Crippen LogP contribution in [-0.4, -0.2) is 37.0 Å². The molecule has 0 fully saturated rings. The number of aryl methyl sites for hydroxylation is 1. The summed E-state index contributed by atoms with van der Waals surface area (Å²) in [6, 6.07) is 5.83. The number of nitrogens with zero attached hydrogens (tertiary/aromatic N) is 1. The van der Waals surface area contributed by atoms with Crippen molar-refractivity contribution in [3.8, 4) is 0 Å². The van der Waals surface area contributed by atoms with Crippen LogP contribution in [0.15, 0.2) is 30.3 Å². The molecule has 3 rings (SSSR count). The van der Waals surface area contributed by atoms with Crippen LogP contribution < -0.4 is 5.32 Å². The molecule has 1 atom stereocenters. The van der Waals surface area contributed by atoms with Crippen LogP contribution >= 0.6 is 11.3 Å². The number of amides is 1. The maximum absolute atomic E-state index is 12.4. The number of fused-ring (bicyclic) bond motifs is 1. The Hall–Kier alpha value is -3.53. The number of benzene rings is 1. The highest BCUT2D eigenvalue weighted by atomic mass is 32.1. The second-order valence-corrected chi connectivity index (χ2v) is 7.53. The van der Waals surface area contributed by atoms with E-state index >= 15 is 0 Å². The average Bonchev–Trinajstić information content (AvgIpc) is 3.30. The lowest BCUT2D eigenvalue weighted by Gasteiger charge is -2.11. The average molecular weight is 430 g/mol. The normalized spacial score (nSPS) is 14.9. The summed E-state index contributed by atoms with van der Waals surface area (Å²) in [5.74, 6) is -2.20. The van der Waals surface area contributed by atoms with Crippen LogP contribution in [0, 0.1) is 10.1 Å². The molecular weight excluding hydrogens is 412 g/mol. The van der Waals surface area contributed by atoms with Gasteiger partial charge in [0.2, 0.25) is 5.91 Å². The number of hydrogen-bond acceptors (Lipinski definition) is 8. The fraction of sp³-hybridized carbons (Fsp3) is 0.250. The summed E-state index contributed by atoms with van der Waals surface area (Å²) >= 11 is 1.22. The topological polar surface area (TPSA) is 125 Å². The number of ether oxygens (including phenoxy) is 2. The van der Waals surface area contributed by atoms with Gasteiger partial charge in [0.15, 0.2) is 0 Å². The predicted molar refractivity (Wildman–Crippen MR) is 109 cm³/mol. The van der Waals surface area contributed by atoms with Gasteiger partial charge in [-0.3, -0.25) is 19.7 Å². The number of non-ortho nitro benzene ring substituents is 1. The molecule has 1 aliphatic carbocycles. The van der Waals surface area contributed by atoms with Crippen LogP contribution in [0.25, 0.3) is 6.08 Å². The molecule has 9 nitrogen and oxygen atoms in total. The molecular formula is C20H18N2O7S. The molecule has 30 heavy (non-hydrogen) atoms. The summed E-state index contributed by atoms with van der Waals surface area (Å²) in [6.45, 7) is 0. The van der Waals surface area contributed by atoms with E-state index in [1.807, 2.05) is 0 Å². The molecule has 1 unspecified atom stereocenters. The van der Waals surface area contributed by atoms with Gasteiger partial charge in [-0.25, -0.2) is 4.79 Å². The Morgan fingerprint density at radius 1 is 1.27 bits per heavy atom. The zero-order chi connectivity index (χ0) is 21.8. The quantitative estimate of drug-likeness (QED) is 0.323. The number of carbonyl (C=O) groups excluding carboxylic acids is 3. The lowest BCUT2D eigenvalue weighted by molar-refractivity contribution is -0.384. The molecule has 1 aliphatic rings. The molecule has 2 aromatic rings. The van der Waals surface area contributed by atoms with E-state index in [1.165, 1.54) is 55.9 Å². The second-order valence-electron chi connectivity index (χ2n) is 6.42. The first-order chi connectivity index (χ1) is 14.3. The smallest absolute Gasteiger partial charge is 0.341 e. The van der Waals surface area contributed by atoms with Gasteiger partial charge in [-0.15, -0.1) is 11.3 Å². The van der Waals surface area contributed by atoms with Crippen LogP contribution in [0.3, 0.4) is 0 Å². The monoisotopic (exact) mass is 430 g/mol. The van der Waals surface area contributed by atoms with Crippen LogP contribution in [0.2, 0.25) is 0 Å². The van der Waals surface area contributed by atoms with Crippen molar-refractivity contribution in [2.75, 3.05) is 19.5 Å². The molecule has 0 saturated carbocycles. The third-order valence-electron chi connectivity index (χ3n) is 4.65. The Kier molecular flexibility index (Phi) is 6.26. The van der Waals surface area contributed by atoms with E-state index < -0.39 is 28.7 Å². The number of methoxy groups -OCH3 is 2. The Balaban J connectivity index is 1.85. The lowest BCUT2D eigenvalue weighted by atomic mass is 9.99. The van der Waals surface area contributed by atoms with Gasteiger partial charge >= 0.3 is 11.9 Å². The van der Waals surface area contributed by atoms with Crippen LogP contribution in [0.5, 0.6) is 0 Å². The fourth-order valence-electron chi connectivity index (χ4n) is 3.30. The summed E-state index contributed by atoms with van der Waals surface area (Å²) in [4.78, 5) is 48.0. The first kappa shape index (κ1) is 21.2. The van der Waals surface area contributed by atoms with Crippen molar-refractivity contribution in [1.29, 1.82) is 0 Å². The summed E-state index contributed by atoms with van der Waals surface area (Å²) in [5.41, 5.74) is 1.08. The number of carbonyl (C=O) groups is 3. The molecule has 1 heterocycles. The number of anilines is 1. The Morgan fingerprint density at radius 2 is 2.03 bits per heavy atom. The number of esters is 2. The number of rotatable bonds is 6. The van der Waals surface area contributed by atoms with E-state index in [1.54, 1.807) is 6.07 Å². The third kappa shape index (κ3) is 4.23. The zero-order valence-electron chi connectivity index (χ0n) is 16.2. The summed E-state index contributed by atoms with van der Waals surface area (Å²) in [7, 11) is 2.51. The van der Waals surface area contributed by atoms with E-state index in [-0.39, 0.29) is 16.3 Å². The number of hydrogen-bond donors (Lipinski definition) is 1. The summed E-state index contributed by atoms with van der Waals surface area (Å²) < 4.78 is 9.68. The van der Waals surface area contributed by atoms with Crippen molar-refractivity contribution in [3.05, 3.63) is 62.0 Å². The zero-order valence-corrected chi connectivity index (χ0v) is 17.0. The first-order valence-electron chi connectivity index (χ1n) is 8.91. The highest BCUT2D eigenvalue weighted by molar-refractivity contribution is 7.17. The number of nitro benzene ring substituents is 1. The minimum Gasteiger partial charge on any atom is -0.469 e. The minimum absolute atomic E-state index is 0.0888. The molecule has 0 spiro atoms. The molecule has 1 amide bonds. The van der Waals surface area contributed by atoms with Crippen molar-refractivity contribution >= 4 is 45.9 Å². The van der Waals surface area contributed by atoms with Gasteiger partial charge in [0.1, 0.15) is 5.00 Å². The van der Waals surface area contributed by atoms with E-state index in [2.05, 4.69) is 5.32 Å². The molecule has 1 aromatic carbocycles. The molecule has 10 heteroatoms. The van der Waals surface area contributed by atoms with Gasteiger partial charge in [-0.1, -0.05) is 12.1 Å². The highest BCUT2D eigenvalue weighted by Crippen LogP contribution is 2.45. The SMILES string of the molecule is COC(=O)c1c(NC(=O)/C=C/c2cccc([N+](=O)[O-])c2)sc2c1C(C(=O)OC)CC2. The Labute approximate surface area is 175 Å². The Bertz CT molecular complexity index is 1060. The van der Waals surface area contributed by atoms with Gasteiger partial charge in [0.05, 0.1) is 30.6 Å². The molecule has 0 bridgehead atoms. The van der Waals surface area contributed by atoms with E-state index in [9.17, 15) is 24.5 Å². The molecule has 0 saturated heterocycles. The van der Waals surface area contributed by atoms with Gasteiger partial charge in [-0.05, 0) is 30.0 Å². The predicted octanol–water partition coefficient (Wildman–Crippen LogP) is 3.30. The van der Waals surface area contributed by atoms with E-state index in [0.717, 1.165) is 4.88 Å². The summed E-state index contributed by atoms with van der Waals surface area (Å²) in [5, 5.41) is 13.8. The van der Waals surface area contributed by atoms with Crippen LogP contribution in [-0.2, 0) is 25.5 Å². The first-order valence-corrected chi connectivity index (χ1v) is 9.72. The maximum atomic E-state index is 12.4. The van der Waals surface area contributed by atoms with Crippen LogP contribution in [0.4, 0.5) is 10.7 Å². The number of nitrogens with one attached hydrogen (secondary N) is 1. The maximum Gasteiger partial charge on any atom is 0.341 e. The number of thiophene rings is 1. The molecule has 0 aliphatic heterocycles. The number of nitro groups is 1. The second kappa shape index (κ2) is 8.87. The standard InChI is InChI=1S/C20H18N2O7S/c1-28-19(24)13-7-8-14-16(13)17(20(25)29-2)18(30-14)21-15(23)9-6-11-4-3-5-12(10-11)22(26)27/h3-6,9-10,13H,7-8H2,1-2H3,(H,21,23)/b9-6+. The van der Waals surface area contributed by atoms with E-state index in [0.29, 0.717) is 24.0 Å². The highest BCUT2D eigenvalue weighted by Gasteiger charge is 2.38. The lowest BCUT2D eigenvalue weighted by Crippen LogP contribution is -2.16. The molecule has 0 radical (unpaired) electrons. The van der Waals surface area contributed by atoms with Crippen molar-refractivity contribution in [3.63, 3.8) is 0 Å². The van der Waals surface area contributed by atoms with Crippen molar-refractivity contribution < 1.29 is 28.8 Å². The van der Waals surface area contributed by atoms with Gasteiger partial charge in [0, 0.05) is 23.1 Å². The molecule has 1 aromatic heterocycles. The molecule has 156 valence electrons. The fourth-order valence-corrected chi connectivity index (χ4v) is 4.57. The van der Waals surface area contributed by atoms with Crippen LogP contribution in [0.1, 0.15) is 38.7 Å². The van der Waals surface area contributed by atoms with Crippen molar-refractivity contribution in [1.82, 2.24) is 0 Å². The third-order valence-corrected chi connectivity index (χ3v) is 5.83. The minimum atomic E-state index is -0.652. The van der Waals surface area contributed by atoms with Crippen molar-refractivity contribution in [2.24, 2.45) is 0 Å². The van der Waals surface area contributed by atoms with E-state index in [4.69, 9.17) is 9.47 Å². The largest absolute Gasteiger partial charge is 0.469 e. The Morgan fingerprint density at radius 3 is 2.70 bits per heavy atom. The van der Waals surface area contributed by atoms with Gasteiger partial charge < -0.3 is 14.8 Å². The van der Waals surface area contributed by atoms with Crippen molar-refractivity contribution in [2.45, 2.75) is 18.8 Å². The molecule has 1 N–H and O–H groups in total. The summed E-state index contributed by atoms with van der Waals surface area (Å²) in [6.07, 6.45) is 3.75. The van der Waals surface area contributed by atoms with Gasteiger partial charge in [-0.2, -0.15) is 0 Å².